The highest BCUT2D eigenvalue weighted by Gasteiger charge is 2.15. The van der Waals surface area contributed by atoms with Gasteiger partial charge in [-0.2, -0.15) is 0 Å². The molecule has 0 unspecified atom stereocenters. The van der Waals surface area contributed by atoms with Crippen molar-refractivity contribution in [1.29, 1.82) is 0 Å². The van der Waals surface area contributed by atoms with E-state index in [-0.39, 0.29) is 17.7 Å². The van der Waals surface area contributed by atoms with E-state index in [1.807, 2.05) is 60.9 Å². The van der Waals surface area contributed by atoms with Crippen LogP contribution in [0.2, 0.25) is 5.02 Å². The van der Waals surface area contributed by atoms with Crippen LogP contribution in [0.4, 0.5) is 4.79 Å². The molecule has 3 amide bonds. The summed E-state index contributed by atoms with van der Waals surface area (Å²) >= 11 is 7.39. The van der Waals surface area contributed by atoms with Gasteiger partial charge in [0.25, 0.3) is 0 Å². The van der Waals surface area contributed by atoms with Gasteiger partial charge in [-0.15, -0.1) is 0 Å². The number of imidazole rings is 1. The highest BCUT2D eigenvalue weighted by Crippen LogP contribution is 2.27. The molecule has 6 nitrogen and oxygen atoms in total. The number of imide groups is 1. The van der Waals surface area contributed by atoms with Crippen molar-refractivity contribution in [2.75, 3.05) is 5.75 Å². The summed E-state index contributed by atoms with van der Waals surface area (Å²) in [5, 5.41) is 6.26. The predicted octanol–water partition coefficient (Wildman–Crippen LogP) is 4.06. The monoisotopic (exact) mass is 416 g/mol. The van der Waals surface area contributed by atoms with E-state index in [1.165, 1.54) is 11.8 Å². The Morgan fingerprint density at radius 1 is 1.18 bits per heavy atom. The molecule has 2 aromatic carbocycles. The van der Waals surface area contributed by atoms with E-state index in [2.05, 4.69) is 15.6 Å². The quantitative estimate of drug-likeness (QED) is 0.594. The lowest BCUT2D eigenvalue weighted by molar-refractivity contribution is -0.117. The third-order valence-corrected chi connectivity index (χ3v) is 5.08. The van der Waals surface area contributed by atoms with E-state index in [0.717, 1.165) is 16.6 Å². The number of amides is 3. The summed E-state index contributed by atoms with van der Waals surface area (Å²) in [6.45, 7) is 4.28. The van der Waals surface area contributed by atoms with E-state index < -0.39 is 6.03 Å². The average molecular weight is 417 g/mol. The summed E-state index contributed by atoms with van der Waals surface area (Å²) in [6.07, 6.45) is 0. The van der Waals surface area contributed by atoms with Crippen LogP contribution in [-0.4, -0.2) is 33.3 Å². The minimum absolute atomic E-state index is 0.0414. The normalized spacial score (nSPS) is 11.0. The summed E-state index contributed by atoms with van der Waals surface area (Å²) in [7, 11) is 0. The van der Waals surface area contributed by atoms with Crippen molar-refractivity contribution in [2.45, 2.75) is 31.6 Å². The Balaban J connectivity index is 1.78. The highest BCUT2D eigenvalue weighted by atomic mass is 35.5. The Kier molecular flexibility index (Phi) is 6.59. The fourth-order valence-corrected chi connectivity index (χ4v) is 3.68. The summed E-state index contributed by atoms with van der Waals surface area (Å²) in [5.74, 6) is -0.295. The molecular formula is C20H21ClN4O2S. The van der Waals surface area contributed by atoms with Crippen LogP contribution in [0.3, 0.4) is 0 Å². The molecule has 0 radical (unpaired) electrons. The third kappa shape index (κ3) is 5.27. The van der Waals surface area contributed by atoms with Gasteiger partial charge < -0.3 is 9.88 Å². The standard InChI is InChI=1S/C20H21ClN4O2S/c1-13(2)22-19(27)24-18(26)12-28-20-23-16-10-15(21)8-9-17(16)25(20)11-14-6-4-3-5-7-14/h3-10,13H,11-12H2,1-2H3,(H2,22,24,26,27). The molecule has 146 valence electrons. The smallest absolute Gasteiger partial charge is 0.321 e. The molecule has 3 rings (SSSR count). The van der Waals surface area contributed by atoms with E-state index in [9.17, 15) is 9.59 Å². The van der Waals surface area contributed by atoms with Gasteiger partial charge in [0, 0.05) is 11.1 Å². The van der Waals surface area contributed by atoms with Gasteiger partial charge in [-0.05, 0) is 37.6 Å². The molecule has 0 aliphatic rings. The summed E-state index contributed by atoms with van der Waals surface area (Å²) in [5.41, 5.74) is 2.83. The third-order valence-electron chi connectivity index (χ3n) is 3.86. The van der Waals surface area contributed by atoms with Crippen LogP contribution in [-0.2, 0) is 11.3 Å². The minimum atomic E-state index is -0.495. The fourth-order valence-electron chi connectivity index (χ4n) is 2.70. The zero-order valence-corrected chi connectivity index (χ0v) is 17.2. The first kappa shape index (κ1) is 20.2. The summed E-state index contributed by atoms with van der Waals surface area (Å²) in [6, 6.07) is 15.0. The lowest BCUT2D eigenvalue weighted by atomic mass is 10.2. The van der Waals surface area contributed by atoms with E-state index >= 15 is 0 Å². The molecule has 2 N–H and O–H groups in total. The largest absolute Gasteiger partial charge is 0.336 e. The van der Waals surface area contributed by atoms with Crippen LogP contribution in [0.5, 0.6) is 0 Å². The number of nitrogens with zero attached hydrogens (tertiary/aromatic N) is 2. The van der Waals surface area contributed by atoms with Crippen LogP contribution in [0.1, 0.15) is 19.4 Å². The molecule has 0 atom stereocenters. The molecule has 0 aliphatic carbocycles. The van der Waals surface area contributed by atoms with Crippen molar-refractivity contribution >= 4 is 46.3 Å². The van der Waals surface area contributed by atoms with E-state index in [0.29, 0.717) is 16.7 Å². The molecule has 8 heteroatoms. The second-order valence-electron chi connectivity index (χ2n) is 6.56. The molecule has 1 aromatic heterocycles. The van der Waals surface area contributed by atoms with Crippen LogP contribution < -0.4 is 10.6 Å². The fraction of sp³-hybridized carbons (Fsp3) is 0.250. The van der Waals surface area contributed by atoms with Crippen LogP contribution >= 0.6 is 23.4 Å². The van der Waals surface area contributed by atoms with Crippen molar-refractivity contribution in [2.24, 2.45) is 0 Å². The van der Waals surface area contributed by atoms with Gasteiger partial charge in [0.05, 0.1) is 23.3 Å². The van der Waals surface area contributed by atoms with Crippen LogP contribution in [0.25, 0.3) is 11.0 Å². The van der Waals surface area contributed by atoms with Gasteiger partial charge in [-0.3, -0.25) is 10.1 Å². The number of carbonyl (C=O) groups excluding carboxylic acids is 2. The Morgan fingerprint density at radius 2 is 1.93 bits per heavy atom. The molecular weight excluding hydrogens is 396 g/mol. The zero-order valence-electron chi connectivity index (χ0n) is 15.6. The van der Waals surface area contributed by atoms with Gasteiger partial charge in [0.1, 0.15) is 0 Å². The molecule has 0 saturated heterocycles. The second-order valence-corrected chi connectivity index (χ2v) is 7.94. The molecule has 0 bridgehead atoms. The maximum Gasteiger partial charge on any atom is 0.321 e. The van der Waals surface area contributed by atoms with Crippen LogP contribution in [0, 0.1) is 0 Å². The first-order chi connectivity index (χ1) is 13.4. The number of nitrogens with one attached hydrogen (secondary N) is 2. The number of carbonyl (C=O) groups is 2. The molecule has 0 saturated carbocycles. The molecule has 0 spiro atoms. The summed E-state index contributed by atoms with van der Waals surface area (Å²) in [4.78, 5) is 28.4. The van der Waals surface area contributed by atoms with Crippen LogP contribution in [0.15, 0.2) is 53.7 Å². The molecule has 28 heavy (non-hydrogen) atoms. The van der Waals surface area contributed by atoms with Gasteiger partial charge in [-0.25, -0.2) is 9.78 Å². The number of rotatable bonds is 6. The molecule has 0 fully saturated rings. The lowest BCUT2D eigenvalue weighted by Gasteiger charge is -2.10. The topological polar surface area (TPSA) is 76.0 Å². The number of halogens is 1. The van der Waals surface area contributed by atoms with E-state index in [4.69, 9.17) is 11.6 Å². The average Bonchev–Trinajstić information content (AvgIpc) is 2.96. The van der Waals surface area contributed by atoms with Crippen molar-refractivity contribution in [1.82, 2.24) is 20.2 Å². The van der Waals surface area contributed by atoms with Crippen molar-refractivity contribution in [3.8, 4) is 0 Å². The number of urea groups is 1. The number of fused-ring (bicyclic) bond motifs is 1. The van der Waals surface area contributed by atoms with Gasteiger partial charge in [0.2, 0.25) is 5.91 Å². The number of hydrogen-bond donors (Lipinski definition) is 2. The molecule has 1 heterocycles. The SMILES string of the molecule is CC(C)NC(=O)NC(=O)CSc1nc2cc(Cl)ccc2n1Cc1ccccc1. The molecule has 0 aliphatic heterocycles. The number of aromatic nitrogens is 2. The van der Waals surface area contributed by atoms with Crippen molar-refractivity contribution in [3.63, 3.8) is 0 Å². The van der Waals surface area contributed by atoms with Gasteiger partial charge in [0.15, 0.2) is 5.16 Å². The highest BCUT2D eigenvalue weighted by molar-refractivity contribution is 7.99. The number of thioether (sulfide) groups is 1. The maximum atomic E-state index is 12.1. The van der Waals surface area contributed by atoms with Crippen molar-refractivity contribution < 1.29 is 9.59 Å². The van der Waals surface area contributed by atoms with Gasteiger partial charge in [-0.1, -0.05) is 53.7 Å². The predicted molar refractivity (Wildman–Crippen MR) is 113 cm³/mol. The Bertz CT molecular complexity index is 989. The Morgan fingerprint density at radius 3 is 2.64 bits per heavy atom. The Hall–Kier alpha value is -2.51. The zero-order chi connectivity index (χ0) is 20.1. The van der Waals surface area contributed by atoms with Gasteiger partial charge >= 0.3 is 6.03 Å². The Labute approximate surface area is 172 Å². The first-order valence-electron chi connectivity index (χ1n) is 8.85. The van der Waals surface area contributed by atoms with Crippen molar-refractivity contribution in [3.05, 3.63) is 59.1 Å². The maximum absolute atomic E-state index is 12.1. The number of benzene rings is 2. The minimum Gasteiger partial charge on any atom is -0.336 e. The first-order valence-corrected chi connectivity index (χ1v) is 10.2. The lowest BCUT2D eigenvalue weighted by Crippen LogP contribution is -2.43. The van der Waals surface area contributed by atoms with E-state index in [1.54, 1.807) is 6.07 Å². The molecule has 3 aromatic rings. The second kappa shape index (κ2) is 9.12. The summed E-state index contributed by atoms with van der Waals surface area (Å²) < 4.78 is 2.05. The number of hydrogen-bond acceptors (Lipinski definition) is 4.